The summed E-state index contributed by atoms with van der Waals surface area (Å²) in [5.74, 6) is -1.22. The van der Waals surface area contributed by atoms with Crippen molar-refractivity contribution in [1.29, 1.82) is 0 Å². The first-order chi connectivity index (χ1) is 9.51. The van der Waals surface area contributed by atoms with Crippen LogP contribution < -0.4 is 5.32 Å². The zero-order valence-electron chi connectivity index (χ0n) is 10.9. The SMILES string of the molecule is CCOC1CC(Nc2nc(C(=O)O)ccc2[N+](=O)[O-])C1. The Balaban J connectivity index is 2.11. The lowest BCUT2D eigenvalue weighted by atomic mass is 9.89. The van der Waals surface area contributed by atoms with Gasteiger partial charge in [-0.15, -0.1) is 0 Å². The van der Waals surface area contributed by atoms with E-state index in [1.165, 1.54) is 0 Å². The van der Waals surface area contributed by atoms with E-state index in [4.69, 9.17) is 9.84 Å². The highest BCUT2D eigenvalue weighted by Crippen LogP contribution is 2.30. The van der Waals surface area contributed by atoms with Crippen LogP contribution in [0.3, 0.4) is 0 Å². The molecule has 0 spiro atoms. The van der Waals surface area contributed by atoms with Crippen molar-refractivity contribution in [3.63, 3.8) is 0 Å². The van der Waals surface area contributed by atoms with Crippen LogP contribution in [0.5, 0.6) is 0 Å². The van der Waals surface area contributed by atoms with E-state index < -0.39 is 10.9 Å². The van der Waals surface area contributed by atoms with Crippen LogP contribution in [-0.4, -0.2) is 39.7 Å². The number of aromatic nitrogens is 1. The fourth-order valence-electron chi connectivity index (χ4n) is 2.07. The Labute approximate surface area is 114 Å². The van der Waals surface area contributed by atoms with Crippen LogP contribution in [-0.2, 0) is 4.74 Å². The minimum atomic E-state index is -1.22. The van der Waals surface area contributed by atoms with Gasteiger partial charge in [-0.2, -0.15) is 0 Å². The maximum Gasteiger partial charge on any atom is 0.354 e. The summed E-state index contributed by atoms with van der Waals surface area (Å²) in [6.45, 7) is 2.54. The second-order valence-corrected chi connectivity index (χ2v) is 4.52. The van der Waals surface area contributed by atoms with E-state index in [0.29, 0.717) is 6.61 Å². The van der Waals surface area contributed by atoms with Gasteiger partial charge in [0.05, 0.1) is 11.0 Å². The number of hydrogen-bond acceptors (Lipinski definition) is 6. The molecule has 0 unspecified atom stereocenters. The van der Waals surface area contributed by atoms with E-state index in [-0.39, 0.29) is 29.3 Å². The molecule has 2 N–H and O–H groups in total. The highest BCUT2D eigenvalue weighted by molar-refractivity contribution is 5.86. The van der Waals surface area contributed by atoms with Gasteiger partial charge in [-0.3, -0.25) is 10.1 Å². The van der Waals surface area contributed by atoms with Gasteiger partial charge in [0.2, 0.25) is 5.82 Å². The summed E-state index contributed by atoms with van der Waals surface area (Å²) < 4.78 is 5.40. The second-order valence-electron chi connectivity index (χ2n) is 4.52. The normalized spacial score (nSPS) is 21.1. The smallest absolute Gasteiger partial charge is 0.354 e. The topological polar surface area (TPSA) is 115 Å². The fraction of sp³-hybridized carbons (Fsp3) is 0.500. The Hall–Kier alpha value is -2.22. The summed E-state index contributed by atoms with van der Waals surface area (Å²) >= 11 is 0. The van der Waals surface area contributed by atoms with Crippen LogP contribution in [0.1, 0.15) is 30.3 Å². The molecule has 20 heavy (non-hydrogen) atoms. The molecule has 1 aliphatic carbocycles. The maximum absolute atomic E-state index is 10.9. The molecule has 1 aromatic rings. The third kappa shape index (κ3) is 3.02. The van der Waals surface area contributed by atoms with E-state index >= 15 is 0 Å². The first-order valence-corrected chi connectivity index (χ1v) is 6.28. The molecule has 8 heteroatoms. The number of rotatable bonds is 6. The minimum Gasteiger partial charge on any atom is -0.477 e. The Kier molecular flexibility index (Phi) is 4.14. The van der Waals surface area contributed by atoms with Gasteiger partial charge in [-0.25, -0.2) is 9.78 Å². The highest BCUT2D eigenvalue weighted by Gasteiger charge is 2.31. The summed E-state index contributed by atoms with van der Waals surface area (Å²) in [6.07, 6.45) is 1.60. The lowest BCUT2D eigenvalue weighted by molar-refractivity contribution is -0.384. The van der Waals surface area contributed by atoms with Crippen molar-refractivity contribution < 1.29 is 19.6 Å². The van der Waals surface area contributed by atoms with E-state index in [0.717, 1.165) is 25.0 Å². The number of carboxylic acid groups (broad SMARTS) is 1. The first kappa shape index (κ1) is 14.2. The number of nitro groups is 1. The number of pyridine rings is 1. The molecular formula is C12H15N3O5. The molecular weight excluding hydrogens is 266 g/mol. The number of ether oxygens (including phenoxy) is 1. The number of carboxylic acids is 1. The number of carbonyl (C=O) groups is 1. The number of anilines is 1. The van der Waals surface area contributed by atoms with Crippen molar-refractivity contribution in [1.82, 2.24) is 4.98 Å². The third-order valence-corrected chi connectivity index (χ3v) is 3.13. The lowest BCUT2D eigenvalue weighted by Crippen LogP contribution is -2.41. The molecule has 108 valence electrons. The molecule has 0 saturated heterocycles. The van der Waals surface area contributed by atoms with Crippen LogP contribution in [0.15, 0.2) is 12.1 Å². The van der Waals surface area contributed by atoms with Crippen molar-refractivity contribution >= 4 is 17.5 Å². The zero-order chi connectivity index (χ0) is 14.7. The Morgan fingerprint density at radius 1 is 1.60 bits per heavy atom. The van der Waals surface area contributed by atoms with Crippen LogP contribution in [0.4, 0.5) is 11.5 Å². The van der Waals surface area contributed by atoms with Crippen molar-refractivity contribution in [2.75, 3.05) is 11.9 Å². The van der Waals surface area contributed by atoms with Gasteiger partial charge in [0, 0.05) is 18.7 Å². The largest absolute Gasteiger partial charge is 0.477 e. The number of nitrogens with zero attached hydrogens (tertiary/aromatic N) is 2. The van der Waals surface area contributed by atoms with Gasteiger partial charge in [0.1, 0.15) is 0 Å². The molecule has 1 aromatic heterocycles. The molecule has 0 aromatic carbocycles. The molecule has 0 amide bonds. The molecule has 1 fully saturated rings. The highest BCUT2D eigenvalue weighted by atomic mass is 16.6. The van der Waals surface area contributed by atoms with Crippen LogP contribution in [0.25, 0.3) is 0 Å². The average Bonchev–Trinajstić information content (AvgIpc) is 2.35. The van der Waals surface area contributed by atoms with Gasteiger partial charge in [-0.1, -0.05) is 0 Å². The van der Waals surface area contributed by atoms with Gasteiger partial charge in [-0.05, 0) is 25.8 Å². The van der Waals surface area contributed by atoms with Crippen LogP contribution in [0, 0.1) is 10.1 Å². The molecule has 0 atom stereocenters. The van der Waals surface area contributed by atoms with Crippen LogP contribution in [0.2, 0.25) is 0 Å². The lowest BCUT2D eigenvalue weighted by Gasteiger charge is -2.35. The predicted molar refractivity (Wildman–Crippen MR) is 69.9 cm³/mol. The molecule has 1 aliphatic rings. The summed E-state index contributed by atoms with van der Waals surface area (Å²) in [6, 6.07) is 2.29. The monoisotopic (exact) mass is 281 g/mol. The fourth-order valence-corrected chi connectivity index (χ4v) is 2.07. The Morgan fingerprint density at radius 2 is 2.30 bits per heavy atom. The van der Waals surface area contributed by atoms with Gasteiger partial charge >= 0.3 is 11.7 Å². The molecule has 8 nitrogen and oxygen atoms in total. The molecule has 0 radical (unpaired) electrons. The quantitative estimate of drug-likeness (QED) is 0.602. The van der Waals surface area contributed by atoms with Crippen molar-refractivity contribution in [2.24, 2.45) is 0 Å². The van der Waals surface area contributed by atoms with Crippen molar-refractivity contribution in [3.05, 3.63) is 27.9 Å². The molecule has 1 saturated carbocycles. The van der Waals surface area contributed by atoms with Crippen LogP contribution >= 0.6 is 0 Å². The minimum absolute atomic E-state index is 0.00477. The Bertz CT molecular complexity index is 528. The molecule has 1 heterocycles. The standard InChI is InChI=1S/C12H15N3O5/c1-2-20-8-5-7(6-8)13-11-10(15(18)19)4-3-9(14-11)12(16)17/h3-4,7-8H,2,5-6H2,1H3,(H,13,14)(H,16,17). The van der Waals surface area contributed by atoms with E-state index in [1.807, 2.05) is 6.92 Å². The summed E-state index contributed by atoms with van der Waals surface area (Å²) in [7, 11) is 0. The van der Waals surface area contributed by atoms with Gasteiger partial charge < -0.3 is 15.2 Å². The predicted octanol–water partition coefficient (Wildman–Crippen LogP) is 1.67. The number of hydrogen-bond donors (Lipinski definition) is 2. The number of nitrogens with one attached hydrogen (secondary N) is 1. The summed E-state index contributed by atoms with van der Waals surface area (Å²) in [5, 5.41) is 22.7. The van der Waals surface area contributed by atoms with Crippen molar-refractivity contribution in [2.45, 2.75) is 31.9 Å². The Morgan fingerprint density at radius 3 is 2.85 bits per heavy atom. The molecule has 2 rings (SSSR count). The van der Waals surface area contributed by atoms with Gasteiger partial charge in [0.15, 0.2) is 5.69 Å². The van der Waals surface area contributed by atoms with E-state index in [9.17, 15) is 14.9 Å². The third-order valence-electron chi connectivity index (χ3n) is 3.13. The number of aromatic carboxylic acids is 1. The van der Waals surface area contributed by atoms with E-state index in [2.05, 4.69) is 10.3 Å². The molecule has 0 bridgehead atoms. The zero-order valence-corrected chi connectivity index (χ0v) is 10.9. The van der Waals surface area contributed by atoms with E-state index in [1.54, 1.807) is 0 Å². The summed E-state index contributed by atoms with van der Waals surface area (Å²) in [5.41, 5.74) is -0.450. The summed E-state index contributed by atoms with van der Waals surface area (Å²) in [4.78, 5) is 25.0. The molecule has 0 aliphatic heterocycles. The first-order valence-electron chi connectivity index (χ1n) is 6.28. The maximum atomic E-state index is 10.9. The van der Waals surface area contributed by atoms with Gasteiger partial charge in [0.25, 0.3) is 0 Å². The second kappa shape index (κ2) is 5.83. The van der Waals surface area contributed by atoms with Crippen molar-refractivity contribution in [3.8, 4) is 0 Å². The average molecular weight is 281 g/mol.